The summed E-state index contributed by atoms with van der Waals surface area (Å²) in [5.74, 6) is 0. The molecule has 0 saturated heterocycles. The van der Waals surface area contributed by atoms with Crippen LogP contribution in [0.1, 0.15) is 42.9 Å². The van der Waals surface area contributed by atoms with Gasteiger partial charge in [0.2, 0.25) is 0 Å². The molecule has 0 aliphatic heterocycles. The largest absolute Gasteiger partial charge is 0.443 e. The highest BCUT2D eigenvalue weighted by Crippen LogP contribution is 2.33. The molecule has 0 aromatic carbocycles. The number of thiazole rings is 1. The van der Waals surface area contributed by atoms with Gasteiger partial charge in [0.1, 0.15) is 0 Å². The van der Waals surface area contributed by atoms with Crippen molar-refractivity contribution >= 4 is 11.3 Å². The average Bonchev–Trinajstić information content (AvgIpc) is 2.62. The van der Waals surface area contributed by atoms with E-state index >= 15 is 0 Å². The third kappa shape index (κ3) is 3.46. The second-order valence-electron chi connectivity index (χ2n) is 3.32. The normalized spacial score (nSPS) is 14.2. The van der Waals surface area contributed by atoms with E-state index in [0.717, 1.165) is 12.8 Å². The lowest BCUT2D eigenvalue weighted by molar-refractivity contribution is -0.137. The molecule has 0 aliphatic rings. The Morgan fingerprint density at radius 2 is 2.20 bits per heavy atom. The quantitative estimate of drug-likeness (QED) is 0.873. The van der Waals surface area contributed by atoms with Gasteiger partial charge in [-0.1, -0.05) is 19.8 Å². The van der Waals surface area contributed by atoms with Crippen molar-refractivity contribution in [2.24, 2.45) is 5.73 Å². The molecule has 1 rings (SSSR count). The third-order valence-corrected chi connectivity index (χ3v) is 2.92. The maximum atomic E-state index is 12.2. The molecule has 1 unspecified atom stereocenters. The van der Waals surface area contributed by atoms with Crippen molar-refractivity contribution in [1.29, 1.82) is 0 Å². The lowest BCUT2D eigenvalue weighted by atomic mass is 10.1. The van der Waals surface area contributed by atoms with Crippen molar-refractivity contribution in [2.45, 2.75) is 38.4 Å². The molecule has 0 aliphatic carbocycles. The van der Waals surface area contributed by atoms with Crippen LogP contribution < -0.4 is 5.73 Å². The van der Waals surface area contributed by atoms with E-state index in [9.17, 15) is 13.2 Å². The van der Waals surface area contributed by atoms with Gasteiger partial charge >= 0.3 is 6.18 Å². The smallest absolute Gasteiger partial charge is 0.323 e. The van der Waals surface area contributed by atoms with Crippen LogP contribution in [-0.2, 0) is 6.18 Å². The molecular weight excluding hydrogens is 225 g/mol. The summed E-state index contributed by atoms with van der Waals surface area (Å²) in [4.78, 5) is 3.50. The van der Waals surface area contributed by atoms with Gasteiger partial charge in [-0.2, -0.15) is 13.2 Å². The SMILES string of the molecule is CCCCC(N)c1csc(C(F)(F)F)n1. The monoisotopic (exact) mass is 238 g/mol. The first-order chi connectivity index (χ1) is 6.95. The molecular formula is C9H13F3N2S. The first-order valence-electron chi connectivity index (χ1n) is 4.73. The molecule has 1 aromatic rings. The van der Waals surface area contributed by atoms with Gasteiger partial charge in [-0.05, 0) is 6.42 Å². The summed E-state index contributed by atoms with van der Waals surface area (Å²) < 4.78 is 36.7. The van der Waals surface area contributed by atoms with E-state index in [1.807, 2.05) is 6.92 Å². The number of nitrogens with zero attached hydrogens (tertiary/aromatic N) is 1. The molecule has 0 saturated carbocycles. The van der Waals surface area contributed by atoms with Gasteiger partial charge < -0.3 is 5.73 Å². The Hall–Kier alpha value is -0.620. The number of hydrogen-bond donors (Lipinski definition) is 1. The fraction of sp³-hybridized carbons (Fsp3) is 0.667. The predicted octanol–water partition coefficient (Wildman–Crippen LogP) is 3.35. The van der Waals surface area contributed by atoms with Crippen LogP contribution in [0.15, 0.2) is 5.38 Å². The molecule has 0 fully saturated rings. The van der Waals surface area contributed by atoms with Gasteiger partial charge in [0.05, 0.1) is 5.69 Å². The van der Waals surface area contributed by atoms with Crippen LogP contribution in [0.4, 0.5) is 13.2 Å². The molecule has 2 N–H and O–H groups in total. The summed E-state index contributed by atoms with van der Waals surface area (Å²) >= 11 is 0.602. The molecule has 0 bridgehead atoms. The molecule has 6 heteroatoms. The summed E-state index contributed by atoms with van der Waals surface area (Å²) in [6.45, 7) is 2.01. The maximum Gasteiger partial charge on any atom is 0.443 e. The number of alkyl halides is 3. The van der Waals surface area contributed by atoms with Gasteiger partial charge in [0.25, 0.3) is 0 Å². The summed E-state index contributed by atoms with van der Waals surface area (Å²) in [5, 5.41) is 0.577. The van der Waals surface area contributed by atoms with Gasteiger partial charge in [0, 0.05) is 11.4 Å². The first kappa shape index (κ1) is 12.4. The van der Waals surface area contributed by atoms with Gasteiger partial charge in [-0.3, -0.25) is 0 Å². The Kier molecular flexibility index (Phi) is 4.10. The van der Waals surface area contributed by atoms with Crippen LogP contribution in [0.5, 0.6) is 0 Å². The minimum absolute atomic E-state index is 0.348. The number of unbranched alkanes of at least 4 members (excludes halogenated alkanes) is 1. The minimum Gasteiger partial charge on any atom is -0.323 e. The average molecular weight is 238 g/mol. The van der Waals surface area contributed by atoms with Crippen molar-refractivity contribution in [3.63, 3.8) is 0 Å². The van der Waals surface area contributed by atoms with Crippen LogP contribution in [0, 0.1) is 0 Å². The molecule has 2 nitrogen and oxygen atoms in total. The summed E-state index contributed by atoms with van der Waals surface area (Å²) in [6.07, 6.45) is -1.80. The van der Waals surface area contributed by atoms with Crippen LogP contribution in [0.2, 0.25) is 0 Å². The minimum atomic E-state index is -4.35. The fourth-order valence-corrected chi connectivity index (χ4v) is 1.91. The maximum absolute atomic E-state index is 12.2. The van der Waals surface area contributed by atoms with Crippen molar-refractivity contribution in [3.05, 3.63) is 16.1 Å². The number of halogens is 3. The van der Waals surface area contributed by atoms with Crippen molar-refractivity contribution < 1.29 is 13.2 Å². The summed E-state index contributed by atoms with van der Waals surface area (Å²) in [7, 11) is 0. The molecule has 1 atom stereocenters. The molecule has 0 spiro atoms. The highest BCUT2D eigenvalue weighted by molar-refractivity contribution is 7.09. The van der Waals surface area contributed by atoms with E-state index in [-0.39, 0.29) is 6.04 Å². The van der Waals surface area contributed by atoms with E-state index in [4.69, 9.17) is 5.73 Å². The third-order valence-electron chi connectivity index (χ3n) is 2.01. The Morgan fingerprint density at radius 3 is 2.67 bits per heavy atom. The number of rotatable bonds is 4. The highest BCUT2D eigenvalue weighted by Gasteiger charge is 2.34. The number of nitrogens with two attached hydrogens (primary N) is 1. The second kappa shape index (κ2) is 4.94. The van der Waals surface area contributed by atoms with E-state index in [1.165, 1.54) is 5.38 Å². The molecule has 0 amide bonds. The number of aromatic nitrogens is 1. The van der Waals surface area contributed by atoms with Crippen molar-refractivity contribution in [2.75, 3.05) is 0 Å². The van der Waals surface area contributed by atoms with Crippen molar-refractivity contribution in [1.82, 2.24) is 4.98 Å². The number of hydrogen-bond acceptors (Lipinski definition) is 3. The standard InChI is InChI=1S/C9H13F3N2S/c1-2-3-4-6(13)7-5-15-8(14-7)9(10,11)12/h5-6H,2-4,13H2,1H3. The zero-order valence-electron chi connectivity index (χ0n) is 8.34. The lowest BCUT2D eigenvalue weighted by Gasteiger charge is -2.07. The van der Waals surface area contributed by atoms with Crippen LogP contribution in [-0.4, -0.2) is 4.98 Å². The van der Waals surface area contributed by atoms with E-state index in [2.05, 4.69) is 4.98 Å². The zero-order chi connectivity index (χ0) is 11.5. The zero-order valence-corrected chi connectivity index (χ0v) is 9.16. The lowest BCUT2D eigenvalue weighted by Crippen LogP contribution is -2.12. The van der Waals surface area contributed by atoms with Crippen LogP contribution in [0.25, 0.3) is 0 Å². The van der Waals surface area contributed by atoms with Crippen LogP contribution in [0.3, 0.4) is 0 Å². The van der Waals surface area contributed by atoms with E-state index in [1.54, 1.807) is 0 Å². The Morgan fingerprint density at radius 1 is 1.53 bits per heavy atom. The van der Waals surface area contributed by atoms with Gasteiger partial charge in [-0.25, -0.2) is 4.98 Å². The second-order valence-corrected chi connectivity index (χ2v) is 4.18. The predicted molar refractivity (Wildman–Crippen MR) is 53.6 cm³/mol. The Bertz CT molecular complexity index is 309. The molecule has 1 heterocycles. The molecule has 0 radical (unpaired) electrons. The molecule has 15 heavy (non-hydrogen) atoms. The van der Waals surface area contributed by atoms with Crippen LogP contribution >= 0.6 is 11.3 Å². The Labute approximate surface area is 90.3 Å². The van der Waals surface area contributed by atoms with E-state index in [0.29, 0.717) is 23.5 Å². The molecule has 86 valence electrons. The first-order valence-corrected chi connectivity index (χ1v) is 5.61. The summed E-state index contributed by atoms with van der Waals surface area (Å²) in [5.41, 5.74) is 6.06. The Balaban J connectivity index is 2.67. The topological polar surface area (TPSA) is 38.9 Å². The fourth-order valence-electron chi connectivity index (χ4n) is 1.16. The highest BCUT2D eigenvalue weighted by atomic mass is 32.1. The van der Waals surface area contributed by atoms with Gasteiger partial charge in [-0.15, -0.1) is 11.3 Å². The molecule has 1 aromatic heterocycles. The van der Waals surface area contributed by atoms with Crippen molar-refractivity contribution in [3.8, 4) is 0 Å². The van der Waals surface area contributed by atoms with Gasteiger partial charge in [0.15, 0.2) is 5.01 Å². The van der Waals surface area contributed by atoms with E-state index < -0.39 is 11.2 Å². The summed E-state index contributed by atoms with van der Waals surface area (Å²) in [6, 6.07) is -0.378.